The molecular weight excluding hydrogens is 328 g/mol. The molecule has 0 atom stereocenters. The maximum atomic E-state index is 11.1. The zero-order valence-electron chi connectivity index (χ0n) is 13.0. The lowest BCUT2D eigenvalue weighted by Crippen LogP contribution is -2.09. The van der Waals surface area contributed by atoms with Crippen LogP contribution >= 0.6 is 11.8 Å². The van der Waals surface area contributed by atoms with Crippen LogP contribution in [0.15, 0.2) is 36.4 Å². The number of non-ortho nitro benzene ring substituents is 1. The molecule has 6 nitrogen and oxygen atoms in total. The SMILES string of the molecule is CNCCSC1=Cc2ccc(O)cc2Oc2ccc([N+](=O)[O-])cc21. The molecule has 3 rings (SSSR count). The minimum absolute atomic E-state index is 0.0197. The summed E-state index contributed by atoms with van der Waals surface area (Å²) in [5, 5.41) is 23.9. The van der Waals surface area contributed by atoms with E-state index in [4.69, 9.17) is 4.74 Å². The highest BCUT2D eigenvalue weighted by molar-refractivity contribution is 8.08. The average molecular weight is 344 g/mol. The number of fused-ring (bicyclic) bond motifs is 2. The number of phenolic OH excluding ortho intramolecular Hbond substituents is 1. The second kappa shape index (κ2) is 6.94. The number of rotatable bonds is 5. The molecule has 0 unspecified atom stereocenters. The molecule has 0 aliphatic carbocycles. The molecule has 0 bridgehead atoms. The van der Waals surface area contributed by atoms with Gasteiger partial charge in [-0.05, 0) is 31.3 Å². The third-order valence-corrected chi connectivity index (χ3v) is 4.61. The van der Waals surface area contributed by atoms with E-state index in [0.717, 1.165) is 22.8 Å². The number of ether oxygens (including phenoxy) is 1. The maximum Gasteiger partial charge on any atom is 0.270 e. The van der Waals surface area contributed by atoms with Gasteiger partial charge in [0.25, 0.3) is 5.69 Å². The Labute approximate surface area is 143 Å². The van der Waals surface area contributed by atoms with E-state index in [2.05, 4.69) is 5.32 Å². The lowest BCUT2D eigenvalue weighted by Gasteiger charge is -2.11. The standard InChI is InChI=1S/C17H16N2O4S/c1-18-6-7-24-17-8-11-2-4-13(20)10-16(11)23-15-5-3-12(19(21)22)9-14(15)17/h2-5,8-10,18,20H,6-7H2,1H3. The monoisotopic (exact) mass is 344 g/mol. The van der Waals surface area contributed by atoms with Crippen molar-refractivity contribution in [1.29, 1.82) is 0 Å². The molecule has 124 valence electrons. The highest BCUT2D eigenvalue weighted by atomic mass is 32.2. The molecule has 1 aliphatic heterocycles. The van der Waals surface area contributed by atoms with Crippen molar-refractivity contribution in [3.63, 3.8) is 0 Å². The van der Waals surface area contributed by atoms with E-state index in [1.807, 2.05) is 13.1 Å². The molecule has 2 N–H and O–H groups in total. The Morgan fingerprint density at radius 3 is 2.83 bits per heavy atom. The lowest BCUT2D eigenvalue weighted by molar-refractivity contribution is -0.384. The van der Waals surface area contributed by atoms with Gasteiger partial charge in [-0.1, -0.05) is 0 Å². The van der Waals surface area contributed by atoms with E-state index in [9.17, 15) is 15.2 Å². The van der Waals surface area contributed by atoms with Crippen molar-refractivity contribution in [3.8, 4) is 17.2 Å². The predicted molar refractivity (Wildman–Crippen MR) is 95.5 cm³/mol. The molecule has 24 heavy (non-hydrogen) atoms. The van der Waals surface area contributed by atoms with E-state index in [0.29, 0.717) is 17.1 Å². The van der Waals surface area contributed by atoms with Gasteiger partial charge in [0, 0.05) is 46.5 Å². The van der Waals surface area contributed by atoms with Crippen molar-refractivity contribution in [3.05, 3.63) is 57.6 Å². The van der Waals surface area contributed by atoms with Crippen molar-refractivity contribution in [2.24, 2.45) is 0 Å². The molecule has 1 aliphatic rings. The zero-order valence-corrected chi connectivity index (χ0v) is 13.8. The van der Waals surface area contributed by atoms with Crippen molar-refractivity contribution in [1.82, 2.24) is 5.32 Å². The summed E-state index contributed by atoms with van der Waals surface area (Å²) < 4.78 is 5.89. The average Bonchev–Trinajstić information content (AvgIpc) is 2.70. The molecule has 0 saturated carbocycles. The quantitative estimate of drug-likeness (QED) is 0.487. The molecule has 2 aromatic rings. The second-order valence-electron chi connectivity index (χ2n) is 5.22. The van der Waals surface area contributed by atoms with Crippen LogP contribution in [0.5, 0.6) is 17.2 Å². The first-order chi connectivity index (χ1) is 11.6. The van der Waals surface area contributed by atoms with Crippen molar-refractivity contribution >= 4 is 28.4 Å². The minimum atomic E-state index is -0.417. The first-order valence-corrected chi connectivity index (χ1v) is 8.36. The molecule has 0 saturated heterocycles. The maximum absolute atomic E-state index is 11.1. The van der Waals surface area contributed by atoms with Gasteiger partial charge in [0.05, 0.1) is 4.92 Å². The molecule has 1 heterocycles. The number of phenols is 1. The highest BCUT2D eigenvalue weighted by Crippen LogP contribution is 2.44. The van der Waals surface area contributed by atoms with Gasteiger partial charge < -0.3 is 15.2 Å². The smallest absolute Gasteiger partial charge is 0.270 e. The largest absolute Gasteiger partial charge is 0.508 e. The van der Waals surface area contributed by atoms with Gasteiger partial charge >= 0.3 is 0 Å². The van der Waals surface area contributed by atoms with Gasteiger partial charge in [0.1, 0.15) is 17.2 Å². The van der Waals surface area contributed by atoms with Crippen LogP contribution in [-0.4, -0.2) is 29.4 Å². The number of nitrogens with zero attached hydrogens (tertiary/aromatic N) is 1. The fraction of sp³-hybridized carbons (Fsp3) is 0.176. The van der Waals surface area contributed by atoms with Gasteiger partial charge in [-0.25, -0.2) is 0 Å². The number of nitro benzene ring substituents is 1. The van der Waals surface area contributed by atoms with Gasteiger partial charge in [-0.3, -0.25) is 10.1 Å². The summed E-state index contributed by atoms with van der Waals surface area (Å²) in [6.45, 7) is 0.815. The van der Waals surface area contributed by atoms with Crippen LogP contribution in [-0.2, 0) is 0 Å². The number of hydrogen-bond donors (Lipinski definition) is 2. The molecule has 0 aromatic heterocycles. The molecule has 2 aromatic carbocycles. The van der Waals surface area contributed by atoms with Crippen LogP contribution in [0.3, 0.4) is 0 Å². The van der Waals surface area contributed by atoms with Crippen molar-refractivity contribution in [2.75, 3.05) is 19.3 Å². The minimum Gasteiger partial charge on any atom is -0.508 e. The normalized spacial score (nSPS) is 12.5. The van der Waals surface area contributed by atoms with Crippen molar-refractivity contribution in [2.45, 2.75) is 0 Å². The Morgan fingerprint density at radius 2 is 2.08 bits per heavy atom. The number of benzene rings is 2. The lowest BCUT2D eigenvalue weighted by atomic mass is 10.1. The van der Waals surface area contributed by atoms with Gasteiger partial charge in [-0.15, -0.1) is 11.8 Å². The molecule has 0 fully saturated rings. The molecule has 0 spiro atoms. The van der Waals surface area contributed by atoms with Crippen LogP contribution in [0, 0.1) is 10.1 Å². The van der Waals surface area contributed by atoms with Gasteiger partial charge in [0.15, 0.2) is 0 Å². The third-order valence-electron chi connectivity index (χ3n) is 3.55. The van der Waals surface area contributed by atoms with E-state index in [1.54, 1.807) is 30.0 Å². The summed E-state index contributed by atoms with van der Waals surface area (Å²) in [5.74, 6) is 1.98. The number of thioether (sulfide) groups is 1. The van der Waals surface area contributed by atoms with Gasteiger partial charge in [-0.2, -0.15) is 0 Å². The van der Waals surface area contributed by atoms with Gasteiger partial charge in [0.2, 0.25) is 0 Å². The van der Waals surface area contributed by atoms with E-state index in [1.165, 1.54) is 18.2 Å². The highest BCUT2D eigenvalue weighted by Gasteiger charge is 2.20. The molecule has 0 amide bonds. The summed E-state index contributed by atoms with van der Waals surface area (Å²) in [4.78, 5) is 11.6. The number of nitro groups is 1. The Morgan fingerprint density at radius 1 is 1.25 bits per heavy atom. The Hall–Kier alpha value is -2.51. The van der Waals surface area contributed by atoms with E-state index >= 15 is 0 Å². The summed E-state index contributed by atoms with van der Waals surface area (Å²) in [7, 11) is 1.88. The third kappa shape index (κ3) is 3.37. The van der Waals surface area contributed by atoms with E-state index < -0.39 is 4.92 Å². The second-order valence-corrected chi connectivity index (χ2v) is 6.36. The fourth-order valence-electron chi connectivity index (χ4n) is 2.36. The van der Waals surface area contributed by atoms with Crippen LogP contribution < -0.4 is 10.1 Å². The summed E-state index contributed by atoms with van der Waals surface area (Å²) >= 11 is 1.60. The summed E-state index contributed by atoms with van der Waals surface area (Å²) in [6.07, 6.45) is 1.94. The first-order valence-electron chi connectivity index (χ1n) is 7.37. The number of aromatic hydroxyl groups is 1. The Bertz CT molecular complexity index is 820. The Kier molecular flexibility index (Phi) is 4.73. The number of hydrogen-bond acceptors (Lipinski definition) is 6. The predicted octanol–water partition coefficient (Wildman–Crippen LogP) is 3.86. The van der Waals surface area contributed by atoms with Crippen LogP contribution in [0.25, 0.3) is 11.0 Å². The number of nitrogens with one attached hydrogen (secondary N) is 1. The molecule has 7 heteroatoms. The van der Waals surface area contributed by atoms with Crippen LogP contribution in [0.2, 0.25) is 0 Å². The van der Waals surface area contributed by atoms with Crippen LogP contribution in [0.1, 0.15) is 11.1 Å². The fourth-order valence-corrected chi connectivity index (χ4v) is 3.42. The van der Waals surface area contributed by atoms with E-state index in [-0.39, 0.29) is 11.4 Å². The van der Waals surface area contributed by atoms with Crippen molar-refractivity contribution < 1.29 is 14.8 Å². The topological polar surface area (TPSA) is 84.6 Å². The van der Waals surface area contributed by atoms with Crippen LogP contribution in [0.4, 0.5) is 5.69 Å². The first kappa shape index (κ1) is 16.4. The molecular formula is C17H16N2O4S. The Balaban J connectivity index is 2.10. The summed E-state index contributed by atoms with van der Waals surface area (Å²) in [6, 6.07) is 9.44. The molecule has 0 radical (unpaired) electrons. The zero-order chi connectivity index (χ0) is 17.1. The summed E-state index contributed by atoms with van der Waals surface area (Å²) in [5.41, 5.74) is 1.52.